The zero-order chi connectivity index (χ0) is 31.7. The fourth-order valence-corrected chi connectivity index (χ4v) is 4.79. The SMILES string of the molecule is CC1NC(=O)C(C2CC2)NC(=O)C(C)C(O)C(Cc2c(F)c(F)c(F)c(F)c2F)NC(=O)C1NC(=O)c1ncccc1O. The van der Waals surface area contributed by atoms with Gasteiger partial charge in [0.2, 0.25) is 23.5 Å². The summed E-state index contributed by atoms with van der Waals surface area (Å²) in [4.78, 5) is 56.4. The highest BCUT2D eigenvalue weighted by Crippen LogP contribution is 2.33. The van der Waals surface area contributed by atoms with E-state index in [9.17, 15) is 51.3 Å². The predicted octanol–water partition coefficient (Wildman–Crippen LogP) is 0.719. The van der Waals surface area contributed by atoms with Gasteiger partial charge in [0.1, 0.15) is 17.8 Å². The topological polar surface area (TPSA) is 170 Å². The van der Waals surface area contributed by atoms with Crippen LogP contribution in [-0.2, 0) is 20.8 Å². The van der Waals surface area contributed by atoms with Gasteiger partial charge >= 0.3 is 0 Å². The van der Waals surface area contributed by atoms with E-state index < -0.39 is 112 Å². The second-order valence-corrected chi connectivity index (χ2v) is 10.6. The molecule has 16 heteroatoms. The minimum Gasteiger partial charge on any atom is -0.505 e. The molecule has 232 valence electrons. The van der Waals surface area contributed by atoms with Gasteiger partial charge < -0.3 is 31.5 Å². The van der Waals surface area contributed by atoms with Gasteiger partial charge in [-0.1, -0.05) is 6.92 Å². The maximum Gasteiger partial charge on any atom is 0.274 e. The van der Waals surface area contributed by atoms with Crippen LogP contribution < -0.4 is 21.3 Å². The van der Waals surface area contributed by atoms with Crippen molar-refractivity contribution in [2.24, 2.45) is 11.8 Å². The summed E-state index contributed by atoms with van der Waals surface area (Å²) in [5.74, 6) is -17.4. The number of carbonyl (C=O) groups excluding carboxylic acids is 4. The Hall–Kier alpha value is -4.34. The molecule has 2 fully saturated rings. The molecule has 43 heavy (non-hydrogen) atoms. The second kappa shape index (κ2) is 12.5. The summed E-state index contributed by atoms with van der Waals surface area (Å²) in [6.07, 6.45) is -0.808. The quantitative estimate of drug-likeness (QED) is 0.164. The molecule has 6 unspecified atom stereocenters. The van der Waals surface area contributed by atoms with Crippen molar-refractivity contribution in [2.45, 2.75) is 63.4 Å². The molecule has 1 aromatic heterocycles. The van der Waals surface area contributed by atoms with E-state index in [0.717, 1.165) is 6.07 Å². The average Bonchev–Trinajstić information content (AvgIpc) is 3.82. The standard InChI is InChI=1S/C27H28F5N5O6/c1-9-23(39)13(8-12-15(28)17(30)19(32)18(31)16(12)29)35-25(41)20(36-27(43)22-14(38)4-3-7-33-22)10(2)34-26(42)21(11-5-6-11)37-24(9)40/h3-4,7,9-11,13,20-21,23,38-39H,5-6,8H2,1-2H3,(H,34,42)(H,35,41)(H,36,43)(H,37,40). The molecule has 6 atom stereocenters. The zero-order valence-corrected chi connectivity index (χ0v) is 22.8. The number of nitrogens with one attached hydrogen (secondary N) is 4. The lowest BCUT2D eigenvalue weighted by molar-refractivity contribution is -0.136. The number of aliphatic hydroxyl groups excluding tert-OH is 1. The number of aromatic nitrogens is 1. The van der Waals surface area contributed by atoms with Crippen molar-refractivity contribution < 1.29 is 51.3 Å². The summed E-state index contributed by atoms with van der Waals surface area (Å²) in [5, 5.41) is 30.7. The first kappa shape index (κ1) is 31.6. The highest BCUT2D eigenvalue weighted by Gasteiger charge is 2.43. The Morgan fingerprint density at radius 3 is 2.12 bits per heavy atom. The van der Waals surface area contributed by atoms with E-state index in [-0.39, 0.29) is 5.92 Å². The van der Waals surface area contributed by atoms with E-state index >= 15 is 0 Å². The lowest BCUT2D eigenvalue weighted by atomic mass is 9.90. The summed E-state index contributed by atoms with van der Waals surface area (Å²) >= 11 is 0. The van der Waals surface area contributed by atoms with Crippen molar-refractivity contribution in [1.29, 1.82) is 0 Å². The average molecular weight is 614 g/mol. The number of hydrogen-bond donors (Lipinski definition) is 6. The summed E-state index contributed by atoms with van der Waals surface area (Å²) in [6, 6.07) is -3.38. The Bertz CT molecular complexity index is 1430. The van der Waals surface area contributed by atoms with E-state index in [0.29, 0.717) is 12.8 Å². The normalized spacial score (nSPS) is 26.8. The lowest BCUT2D eigenvalue weighted by Crippen LogP contribution is -2.64. The van der Waals surface area contributed by atoms with Crippen LogP contribution in [-0.4, -0.2) is 69.1 Å². The number of halogens is 5. The number of hydrogen-bond acceptors (Lipinski definition) is 7. The first-order valence-corrected chi connectivity index (χ1v) is 13.3. The molecule has 0 radical (unpaired) electrons. The fraction of sp³-hybridized carbons (Fsp3) is 0.444. The van der Waals surface area contributed by atoms with E-state index in [1.165, 1.54) is 26.1 Å². The maximum atomic E-state index is 14.6. The molecule has 1 saturated carbocycles. The molecular weight excluding hydrogens is 585 g/mol. The van der Waals surface area contributed by atoms with Crippen LogP contribution in [0, 0.1) is 40.9 Å². The number of rotatable bonds is 5. The largest absolute Gasteiger partial charge is 0.505 e. The van der Waals surface area contributed by atoms with Crippen molar-refractivity contribution in [3.05, 3.63) is 58.7 Å². The van der Waals surface area contributed by atoms with E-state index in [1.807, 2.05) is 0 Å². The van der Waals surface area contributed by atoms with Crippen LogP contribution >= 0.6 is 0 Å². The molecule has 1 aliphatic carbocycles. The molecule has 1 aromatic carbocycles. The predicted molar refractivity (Wildman–Crippen MR) is 136 cm³/mol. The van der Waals surface area contributed by atoms with Gasteiger partial charge in [0.05, 0.1) is 24.1 Å². The van der Waals surface area contributed by atoms with Crippen LogP contribution in [0.4, 0.5) is 22.0 Å². The minimum absolute atomic E-state index is 0.278. The Kier molecular flexibility index (Phi) is 9.18. The van der Waals surface area contributed by atoms with Gasteiger partial charge in [0.25, 0.3) is 5.91 Å². The minimum atomic E-state index is -2.41. The number of aromatic hydroxyl groups is 1. The first-order valence-electron chi connectivity index (χ1n) is 13.3. The highest BCUT2D eigenvalue weighted by atomic mass is 19.2. The van der Waals surface area contributed by atoms with Crippen LogP contribution in [0.5, 0.6) is 5.75 Å². The number of aliphatic hydroxyl groups is 1. The van der Waals surface area contributed by atoms with Gasteiger partial charge in [-0.15, -0.1) is 0 Å². The van der Waals surface area contributed by atoms with Crippen LogP contribution in [0.1, 0.15) is 42.7 Å². The third kappa shape index (κ3) is 6.53. The molecule has 1 saturated heterocycles. The van der Waals surface area contributed by atoms with E-state index in [1.54, 1.807) is 0 Å². The van der Waals surface area contributed by atoms with Gasteiger partial charge in [-0.25, -0.2) is 26.9 Å². The molecule has 0 bridgehead atoms. The second-order valence-electron chi connectivity index (χ2n) is 10.6. The summed E-state index contributed by atoms with van der Waals surface area (Å²) in [7, 11) is 0. The maximum absolute atomic E-state index is 14.6. The van der Waals surface area contributed by atoms with Crippen LogP contribution in [0.15, 0.2) is 18.3 Å². The molecule has 1 aliphatic heterocycles. The van der Waals surface area contributed by atoms with E-state index in [4.69, 9.17) is 0 Å². The third-order valence-corrected chi connectivity index (χ3v) is 7.50. The Morgan fingerprint density at radius 2 is 1.53 bits per heavy atom. The fourth-order valence-electron chi connectivity index (χ4n) is 4.79. The Labute approximate surface area is 241 Å². The molecular formula is C27H28F5N5O6. The van der Waals surface area contributed by atoms with Gasteiger partial charge in [-0.05, 0) is 37.8 Å². The smallest absolute Gasteiger partial charge is 0.274 e. The molecule has 2 aliphatic rings. The summed E-state index contributed by atoms with van der Waals surface area (Å²) in [5.41, 5.74) is -1.86. The van der Waals surface area contributed by atoms with Crippen molar-refractivity contribution in [2.75, 3.05) is 0 Å². The van der Waals surface area contributed by atoms with Crippen molar-refractivity contribution >= 4 is 23.6 Å². The Balaban J connectivity index is 1.75. The third-order valence-electron chi connectivity index (χ3n) is 7.50. The number of benzene rings is 1. The van der Waals surface area contributed by atoms with Crippen molar-refractivity contribution in [3.8, 4) is 5.75 Å². The molecule has 2 heterocycles. The van der Waals surface area contributed by atoms with Crippen molar-refractivity contribution in [1.82, 2.24) is 26.3 Å². The van der Waals surface area contributed by atoms with Gasteiger partial charge in [-0.2, -0.15) is 0 Å². The number of carbonyl (C=O) groups is 4. The summed E-state index contributed by atoms with van der Waals surface area (Å²) in [6.45, 7) is 2.49. The number of amides is 4. The van der Waals surface area contributed by atoms with Gasteiger partial charge in [0.15, 0.2) is 29.0 Å². The molecule has 4 amide bonds. The highest BCUT2D eigenvalue weighted by molar-refractivity contribution is 5.98. The van der Waals surface area contributed by atoms with Gasteiger partial charge in [-0.3, -0.25) is 19.2 Å². The van der Waals surface area contributed by atoms with Crippen molar-refractivity contribution in [3.63, 3.8) is 0 Å². The molecule has 6 N–H and O–H groups in total. The van der Waals surface area contributed by atoms with Crippen LogP contribution in [0.25, 0.3) is 0 Å². The van der Waals surface area contributed by atoms with E-state index in [2.05, 4.69) is 26.3 Å². The molecule has 4 rings (SSSR count). The first-order chi connectivity index (χ1) is 20.2. The monoisotopic (exact) mass is 613 g/mol. The molecule has 0 spiro atoms. The Morgan fingerprint density at radius 1 is 0.930 bits per heavy atom. The number of nitrogens with zero attached hydrogens (tertiary/aromatic N) is 1. The van der Waals surface area contributed by atoms with Crippen LogP contribution in [0.2, 0.25) is 0 Å². The summed E-state index contributed by atoms with van der Waals surface area (Å²) < 4.78 is 70.8. The molecule has 11 nitrogen and oxygen atoms in total. The zero-order valence-electron chi connectivity index (χ0n) is 22.8. The van der Waals surface area contributed by atoms with Gasteiger partial charge in [0, 0.05) is 18.2 Å². The number of pyridine rings is 1. The lowest BCUT2D eigenvalue weighted by Gasteiger charge is -2.34. The van der Waals surface area contributed by atoms with Crippen LogP contribution in [0.3, 0.4) is 0 Å². The molecule has 2 aromatic rings.